The van der Waals surface area contributed by atoms with Crippen LogP contribution in [0.5, 0.6) is 0 Å². The third-order valence-electron chi connectivity index (χ3n) is 3.60. The van der Waals surface area contributed by atoms with Crippen molar-refractivity contribution in [2.24, 2.45) is 11.8 Å². The largest absolute Gasteiger partial charge is 0.352 e. The van der Waals surface area contributed by atoms with E-state index in [0.29, 0.717) is 12.5 Å². The van der Waals surface area contributed by atoms with E-state index in [4.69, 9.17) is 0 Å². The van der Waals surface area contributed by atoms with Gasteiger partial charge in [-0.2, -0.15) is 0 Å². The summed E-state index contributed by atoms with van der Waals surface area (Å²) in [6.45, 7) is 9.68. The molecule has 0 aliphatic carbocycles. The highest BCUT2D eigenvalue weighted by molar-refractivity contribution is 5.79. The Balaban J connectivity index is 2.59. The van der Waals surface area contributed by atoms with E-state index in [1.165, 1.54) is 11.1 Å². The number of aryl methyl sites for hydroxylation is 2. The summed E-state index contributed by atoms with van der Waals surface area (Å²) in [5, 5.41) is 6.12. The summed E-state index contributed by atoms with van der Waals surface area (Å²) in [6.07, 6.45) is 0. The Morgan fingerprint density at radius 2 is 1.89 bits per heavy atom. The van der Waals surface area contributed by atoms with Crippen LogP contribution >= 0.6 is 0 Å². The molecule has 0 aliphatic heterocycles. The molecule has 1 amide bonds. The van der Waals surface area contributed by atoms with Gasteiger partial charge in [0.05, 0.1) is 5.92 Å². The number of hydrogen-bond donors (Lipinski definition) is 2. The monoisotopic (exact) mass is 262 g/mol. The first kappa shape index (κ1) is 15.7. The van der Waals surface area contributed by atoms with Gasteiger partial charge in [0.25, 0.3) is 0 Å². The Morgan fingerprint density at radius 1 is 1.21 bits per heavy atom. The molecule has 3 heteroatoms. The lowest BCUT2D eigenvalue weighted by Gasteiger charge is -2.20. The quantitative estimate of drug-likeness (QED) is 0.826. The number of rotatable bonds is 6. The fourth-order valence-electron chi connectivity index (χ4n) is 2.08. The smallest absolute Gasteiger partial charge is 0.224 e. The van der Waals surface area contributed by atoms with Crippen molar-refractivity contribution in [3.8, 4) is 0 Å². The van der Waals surface area contributed by atoms with Crippen LogP contribution in [0.3, 0.4) is 0 Å². The van der Waals surface area contributed by atoms with Crippen LogP contribution < -0.4 is 10.6 Å². The highest BCUT2D eigenvalue weighted by Crippen LogP contribution is 2.12. The highest BCUT2D eigenvalue weighted by atomic mass is 16.1. The van der Waals surface area contributed by atoms with Gasteiger partial charge in [0.2, 0.25) is 5.91 Å². The maximum atomic E-state index is 12.1. The first-order chi connectivity index (χ1) is 8.95. The molecule has 1 aromatic carbocycles. The molecular formula is C16H26N2O. The second-order valence-electron chi connectivity index (χ2n) is 5.54. The van der Waals surface area contributed by atoms with Gasteiger partial charge in [0, 0.05) is 13.1 Å². The maximum absolute atomic E-state index is 12.1. The topological polar surface area (TPSA) is 41.1 Å². The number of hydrogen-bond acceptors (Lipinski definition) is 2. The third-order valence-corrected chi connectivity index (χ3v) is 3.60. The summed E-state index contributed by atoms with van der Waals surface area (Å²) in [6, 6.07) is 6.31. The van der Waals surface area contributed by atoms with Gasteiger partial charge in [-0.3, -0.25) is 4.79 Å². The van der Waals surface area contributed by atoms with E-state index in [0.717, 1.165) is 12.1 Å². The molecule has 1 rings (SSSR count). The van der Waals surface area contributed by atoms with Crippen molar-refractivity contribution in [1.29, 1.82) is 0 Å². The van der Waals surface area contributed by atoms with Gasteiger partial charge in [-0.05, 0) is 43.5 Å². The van der Waals surface area contributed by atoms with Crippen molar-refractivity contribution in [2.75, 3.05) is 13.6 Å². The van der Waals surface area contributed by atoms with Gasteiger partial charge in [-0.25, -0.2) is 0 Å². The Labute approximate surface area is 116 Å². The van der Waals surface area contributed by atoms with Crippen molar-refractivity contribution in [3.63, 3.8) is 0 Å². The minimum atomic E-state index is 0.0246. The van der Waals surface area contributed by atoms with Gasteiger partial charge < -0.3 is 10.6 Å². The van der Waals surface area contributed by atoms with Crippen LogP contribution in [0.4, 0.5) is 0 Å². The fraction of sp³-hybridized carbons (Fsp3) is 0.562. The molecule has 106 valence electrons. The van der Waals surface area contributed by atoms with Gasteiger partial charge >= 0.3 is 0 Å². The van der Waals surface area contributed by atoms with E-state index in [9.17, 15) is 4.79 Å². The number of amides is 1. The Bertz CT molecular complexity index is 427. The molecule has 2 N–H and O–H groups in total. The molecule has 19 heavy (non-hydrogen) atoms. The summed E-state index contributed by atoms with van der Waals surface area (Å²) in [4.78, 5) is 12.1. The van der Waals surface area contributed by atoms with E-state index >= 15 is 0 Å². The molecule has 1 aromatic rings. The standard InChI is InChI=1S/C16H26N2O/c1-11(2)15(10-17-5)16(19)18-9-14-7-6-12(3)13(4)8-14/h6-8,11,15,17H,9-10H2,1-5H3,(H,18,19). The third kappa shape index (κ3) is 4.67. The van der Waals surface area contributed by atoms with Crippen molar-refractivity contribution in [3.05, 3.63) is 34.9 Å². The predicted molar refractivity (Wildman–Crippen MR) is 80.0 cm³/mol. The SMILES string of the molecule is CNCC(C(=O)NCc1ccc(C)c(C)c1)C(C)C. The lowest BCUT2D eigenvalue weighted by Crippen LogP contribution is -2.38. The molecule has 1 unspecified atom stereocenters. The molecular weight excluding hydrogens is 236 g/mol. The van der Waals surface area contributed by atoms with Crippen molar-refractivity contribution < 1.29 is 4.79 Å². The summed E-state index contributed by atoms with van der Waals surface area (Å²) >= 11 is 0. The van der Waals surface area contributed by atoms with Gasteiger partial charge in [-0.1, -0.05) is 32.0 Å². The van der Waals surface area contributed by atoms with E-state index in [-0.39, 0.29) is 11.8 Å². The lowest BCUT2D eigenvalue weighted by molar-refractivity contribution is -0.126. The highest BCUT2D eigenvalue weighted by Gasteiger charge is 2.20. The lowest BCUT2D eigenvalue weighted by atomic mass is 9.94. The second-order valence-corrected chi connectivity index (χ2v) is 5.54. The molecule has 3 nitrogen and oxygen atoms in total. The van der Waals surface area contributed by atoms with Crippen LogP contribution in [-0.2, 0) is 11.3 Å². The summed E-state index contributed by atoms with van der Waals surface area (Å²) in [7, 11) is 1.88. The zero-order valence-electron chi connectivity index (χ0n) is 12.7. The molecule has 0 saturated carbocycles. The average Bonchev–Trinajstić information content (AvgIpc) is 2.36. The van der Waals surface area contributed by atoms with E-state index in [1.807, 2.05) is 7.05 Å². The number of nitrogens with one attached hydrogen (secondary N) is 2. The maximum Gasteiger partial charge on any atom is 0.224 e. The van der Waals surface area contributed by atoms with E-state index in [2.05, 4.69) is 56.5 Å². The van der Waals surface area contributed by atoms with Crippen molar-refractivity contribution >= 4 is 5.91 Å². The molecule has 0 radical (unpaired) electrons. The molecule has 0 aromatic heterocycles. The zero-order valence-corrected chi connectivity index (χ0v) is 12.7. The van der Waals surface area contributed by atoms with Crippen LogP contribution in [0.2, 0.25) is 0 Å². The molecule has 0 saturated heterocycles. The summed E-state index contributed by atoms with van der Waals surface area (Å²) < 4.78 is 0. The van der Waals surface area contributed by atoms with Crippen LogP contribution in [0, 0.1) is 25.7 Å². The van der Waals surface area contributed by atoms with Gasteiger partial charge in [-0.15, -0.1) is 0 Å². The van der Waals surface area contributed by atoms with Gasteiger partial charge in [0.15, 0.2) is 0 Å². The van der Waals surface area contributed by atoms with Crippen LogP contribution in [-0.4, -0.2) is 19.5 Å². The van der Waals surface area contributed by atoms with Crippen molar-refractivity contribution in [1.82, 2.24) is 10.6 Å². The Morgan fingerprint density at radius 3 is 2.42 bits per heavy atom. The minimum absolute atomic E-state index is 0.0246. The first-order valence-electron chi connectivity index (χ1n) is 6.94. The summed E-state index contributed by atoms with van der Waals surface area (Å²) in [5.41, 5.74) is 3.70. The van der Waals surface area contributed by atoms with Crippen LogP contribution in [0.15, 0.2) is 18.2 Å². The molecule has 0 aliphatic rings. The predicted octanol–water partition coefficient (Wildman–Crippen LogP) is 2.41. The van der Waals surface area contributed by atoms with E-state index < -0.39 is 0 Å². The van der Waals surface area contributed by atoms with Gasteiger partial charge in [0.1, 0.15) is 0 Å². The molecule has 1 atom stereocenters. The van der Waals surface area contributed by atoms with Crippen LogP contribution in [0.25, 0.3) is 0 Å². The summed E-state index contributed by atoms with van der Waals surface area (Å²) in [5.74, 6) is 0.492. The Kier molecular flexibility index (Phi) is 6.03. The normalized spacial score (nSPS) is 12.5. The van der Waals surface area contributed by atoms with Crippen molar-refractivity contribution in [2.45, 2.75) is 34.2 Å². The second kappa shape index (κ2) is 7.29. The number of benzene rings is 1. The minimum Gasteiger partial charge on any atom is -0.352 e. The Hall–Kier alpha value is -1.35. The zero-order chi connectivity index (χ0) is 14.4. The van der Waals surface area contributed by atoms with E-state index in [1.54, 1.807) is 0 Å². The number of carbonyl (C=O) groups is 1. The average molecular weight is 262 g/mol. The molecule has 0 heterocycles. The number of carbonyl (C=O) groups excluding carboxylic acids is 1. The molecule has 0 bridgehead atoms. The first-order valence-corrected chi connectivity index (χ1v) is 6.94. The molecule has 0 spiro atoms. The fourth-order valence-corrected chi connectivity index (χ4v) is 2.08. The molecule has 0 fully saturated rings. The van der Waals surface area contributed by atoms with Crippen LogP contribution in [0.1, 0.15) is 30.5 Å².